The van der Waals surface area contributed by atoms with E-state index in [-0.39, 0.29) is 41.5 Å². The minimum atomic E-state index is -0.625. The lowest BCUT2D eigenvalue weighted by atomic mass is 9.79. The first kappa shape index (κ1) is 36.9. The molecule has 0 bridgehead atoms. The van der Waals surface area contributed by atoms with Crippen LogP contribution in [0.3, 0.4) is 0 Å². The Morgan fingerprint density at radius 3 is 1.87 bits per heavy atom. The van der Waals surface area contributed by atoms with Crippen molar-refractivity contribution in [2.75, 3.05) is 39.2 Å². The van der Waals surface area contributed by atoms with Crippen molar-refractivity contribution in [3.8, 4) is 22.4 Å². The maximum Gasteiger partial charge on any atom is 0.407 e. The largest absolute Gasteiger partial charge is 0.453 e. The number of carbonyl (C=O) groups is 5. The number of methoxy groups -OCH3 is 2. The number of ether oxygens (including phenoxy) is 2. The molecule has 2 aliphatic heterocycles. The third-order valence-electron chi connectivity index (χ3n) is 11.7. The molecule has 14 heteroatoms. The van der Waals surface area contributed by atoms with Gasteiger partial charge in [-0.1, -0.05) is 49.2 Å². The van der Waals surface area contributed by atoms with Gasteiger partial charge in [-0.25, -0.2) is 14.6 Å². The summed E-state index contributed by atoms with van der Waals surface area (Å²) in [6, 6.07) is 14.4. The maximum atomic E-state index is 13.7. The molecule has 54 heavy (non-hydrogen) atoms. The number of nitrogens with one attached hydrogen (secondary N) is 4. The fraction of sp³-hybridized carbons (Fsp3) is 0.500. The molecule has 3 aromatic rings. The normalized spacial score (nSPS) is 21.0. The Labute approximate surface area is 314 Å². The highest BCUT2D eigenvalue weighted by Gasteiger charge is 2.42. The molecule has 4 atom stereocenters. The number of H-pyrrole nitrogens is 1. The minimum Gasteiger partial charge on any atom is -0.453 e. The van der Waals surface area contributed by atoms with Crippen LogP contribution in [0.1, 0.15) is 69.7 Å². The zero-order valence-electron chi connectivity index (χ0n) is 30.8. The standard InChI is InChI=1S/C40H49N7O7/c1-53-39(51)44-33(27-6-3-7-27)37(49)46-21-19-29(23-46)36(48)42-30-17-15-25(16-18-30)24-11-13-26(14-12-24)31-22-41-35(43-31)32-10-5-20-47(32)38(50)34(28-8-4-9-28)45-40(52)54-2/h11-18,22,27-29,32-34H,3-10,19-21,23H2,1-2H3,(H,41,43)(H,42,48)(H,44,51)(H,45,52)/t29-,32+,33?,34?/m1/s1. The Morgan fingerprint density at radius 1 is 0.722 bits per heavy atom. The quantitative estimate of drug-likeness (QED) is 0.207. The molecule has 3 heterocycles. The fourth-order valence-corrected chi connectivity index (χ4v) is 8.03. The first-order chi connectivity index (χ1) is 26.2. The van der Waals surface area contributed by atoms with Crippen LogP contribution < -0.4 is 16.0 Å². The molecular formula is C40H49N7O7. The van der Waals surface area contributed by atoms with Crippen molar-refractivity contribution in [3.63, 3.8) is 0 Å². The van der Waals surface area contributed by atoms with Crippen LogP contribution in [0.15, 0.2) is 54.7 Å². The van der Waals surface area contributed by atoms with Crippen LogP contribution in [-0.4, -0.2) is 95.6 Å². The highest BCUT2D eigenvalue weighted by atomic mass is 16.5. The van der Waals surface area contributed by atoms with E-state index in [1.807, 2.05) is 53.4 Å². The lowest BCUT2D eigenvalue weighted by Crippen LogP contribution is -2.53. The highest BCUT2D eigenvalue weighted by Crippen LogP contribution is 2.37. The van der Waals surface area contributed by atoms with Crippen LogP contribution >= 0.6 is 0 Å². The summed E-state index contributed by atoms with van der Waals surface area (Å²) in [6.07, 6.45) is 8.47. The van der Waals surface area contributed by atoms with Crippen molar-refractivity contribution >= 4 is 35.6 Å². The molecule has 4 N–H and O–H groups in total. The van der Waals surface area contributed by atoms with Crippen LogP contribution in [0.4, 0.5) is 15.3 Å². The molecule has 1 aromatic heterocycles. The molecule has 286 valence electrons. The number of anilines is 1. The molecule has 2 saturated carbocycles. The second-order valence-electron chi connectivity index (χ2n) is 14.9. The Morgan fingerprint density at radius 2 is 1.30 bits per heavy atom. The molecular weight excluding hydrogens is 690 g/mol. The maximum absolute atomic E-state index is 13.7. The molecule has 2 saturated heterocycles. The number of alkyl carbamates (subject to hydrolysis) is 2. The molecule has 2 unspecified atom stereocenters. The van der Waals surface area contributed by atoms with Crippen LogP contribution in [0.2, 0.25) is 0 Å². The molecule has 0 spiro atoms. The monoisotopic (exact) mass is 739 g/mol. The molecule has 4 fully saturated rings. The SMILES string of the molecule is COC(=O)NC(C(=O)N1CC[C@@H](C(=O)Nc2ccc(-c3ccc(-c4cnc([C@@H]5CCCN5C(=O)C(NC(=O)OC)C5CCC5)[nH]4)cc3)cc2)C1)C1CCC1. The van der Waals surface area contributed by atoms with Gasteiger partial charge in [0.2, 0.25) is 17.7 Å². The first-order valence-electron chi connectivity index (χ1n) is 19.1. The number of aromatic amines is 1. The zero-order valence-corrected chi connectivity index (χ0v) is 30.8. The number of hydrogen-bond acceptors (Lipinski definition) is 8. The summed E-state index contributed by atoms with van der Waals surface area (Å²) in [5.74, 6) is 0.236. The summed E-state index contributed by atoms with van der Waals surface area (Å²) in [7, 11) is 2.59. The van der Waals surface area contributed by atoms with Crippen LogP contribution in [0, 0.1) is 17.8 Å². The van der Waals surface area contributed by atoms with E-state index in [2.05, 4.69) is 25.9 Å². The predicted octanol–water partition coefficient (Wildman–Crippen LogP) is 5.24. The van der Waals surface area contributed by atoms with Gasteiger partial charge in [0.25, 0.3) is 0 Å². The molecule has 2 aromatic carbocycles. The summed E-state index contributed by atoms with van der Waals surface area (Å²) >= 11 is 0. The lowest BCUT2D eigenvalue weighted by Gasteiger charge is -2.36. The molecule has 7 rings (SSSR count). The number of carbonyl (C=O) groups excluding carboxylic acids is 5. The summed E-state index contributed by atoms with van der Waals surface area (Å²) < 4.78 is 9.55. The Bertz CT molecular complexity index is 1840. The van der Waals surface area contributed by atoms with Gasteiger partial charge in [0.05, 0.1) is 38.1 Å². The van der Waals surface area contributed by atoms with E-state index in [1.165, 1.54) is 14.2 Å². The zero-order chi connectivity index (χ0) is 37.8. The van der Waals surface area contributed by atoms with Crippen LogP contribution in [0.25, 0.3) is 22.4 Å². The predicted molar refractivity (Wildman–Crippen MR) is 200 cm³/mol. The van der Waals surface area contributed by atoms with Gasteiger partial charge in [0, 0.05) is 25.3 Å². The van der Waals surface area contributed by atoms with Crippen LogP contribution in [-0.2, 0) is 23.9 Å². The van der Waals surface area contributed by atoms with Gasteiger partial charge in [-0.15, -0.1) is 0 Å². The summed E-state index contributed by atoms with van der Waals surface area (Å²) in [5.41, 5.74) is 4.48. The van der Waals surface area contributed by atoms with Crippen molar-refractivity contribution in [1.82, 2.24) is 30.4 Å². The van der Waals surface area contributed by atoms with Crippen molar-refractivity contribution < 1.29 is 33.4 Å². The number of rotatable bonds is 11. The molecule has 14 nitrogen and oxygen atoms in total. The van der Waals surface area contributed by atoms with Gasteiger partial charge >= 0.3 is 12.2 Å². The number of amides is 5. The van der Waals surface area contributed by atoms with Gasteiger partial charge in [-0.2, -0.15) is 0 Å². The Balaban J connectivity index is 0.935. The van der Waals surface area contributed by atoms with E-state index in [0.717, 1.165) is 79.6 Å². The van der Waals surface area contributed by atoms with E-state index in [4.69, 9.17) is 9.47 Å². The first-order valence-corrected chi connectivity index (χ1v) is 19.1. The second kappa shape index (κ2) is 16.3. The highest BCUT2D eigenvalue weighted by molar-refractivity contribution is 5.94. The smallest absolute Gasteiger partial charge is 0.407 e. The van der Waals surface area contributed by atoms with Crippen molar-refractivity contribution in [1.29, 1.82) is 0 Å². The van der Waals surface area contributed by atoms with Gasteiger partial charge in [-0.05, 0) is 85.6 Å². The van der Waals surface area contributed by atoms with Gasteiger partial charge in [-0.3, -0.25) is 14.4 Å². The lowest BCUT2D eigenvalue weighted by molar-refractivity contribution is -0.137. The summed E-state index contributed by atoms with van der Waals surface area (Å²) in [6.45, 7) is 1.39. The van der Waals surface area contributed by atoms with E-state index < -0.39 is 24.3 Å². The molecule has 2 aliphatic carbocycles. The van der Waals surface area contributed by atoms with Crippen LogP contribution in [0.5, 0.6) is 0 Å². The third kappa shape index (κ3) is 7.92. The van der Waals surface area contributed by atoms with Crippen molar-refractivity contribution in [3.05, 3.63) is 60.6 Å². The van der Waals surface area contributed by atoms with E-state index >= 15 is 0 Å². The average molecular weight is 740 g/mol. The second-order valence-corrected chi connectivity index (χ2v) is 14.9. The third-order valence-corrected chi connectivity index (χ3v) is 11.7. The van der Waals surface area contributed by atoms with Crippen molar-refractivity contribution in [2.24, 2.45) is 17.8 Å². The molecule has 4 aliphatic rings. The van der Waals surface area contributed by atoms with Gasteiger partial charge < -0.3 is 40.2 Å². The van der Waals surface area contributed by atoms with Gasteiger partial charge in [0.1, 0.15) is 17.9 Å². The number of imidazole rings is 1. The summed E-state index contributed by atoms with van der Waals surface area (Å²) in [5, 5.41) is 8.50. The number of benzene rings is 2. The molecule has 5 amide bonds. The number of likely N-dealkylation sites (tertiary alicyclic amines) is 2. The topological polar surface area (TPSA) is 175 Å². The van der Waals surface area contributed by atoms with Crippen molar-refractivity contribution in [2.45, 2.75) is 75.9 Å². The Kier molecular flexibility index (Phi) is 11.2. The van der Waals surface area contributed by atoms with E-state index in [1.54, 1.807) is 11.1 Å². The average Bonchev–Trinajstić information content (AvgIpc) is 3.94. The fourth-order valence-electron chi connectivity index (χ4n) is 8.03. The number of hydrogen-bond donors (Lipinski definition) is 4. The summed E-state index contributed by atoms with van der Waals surface area (Å²) in [4.78, 5) is 75.7. The minimum absolute atomic E-state index is 0.0823. The number of nitrogens with zero attached hydrogens (tertiary/aromatic N) is 3. The van der Waals surface area contributed by atoms with E-state index in [0.29, 0.717) is 31.7 Å². The Hall–Kier alpha value is -5.40. The van der Waals surface area contributed by atoms with Gasteiger partial charge in [0.15, 0.2) is 0 Å². The molecule has 0 radical (unpaired) electrons. The van der Waals surface area contributed by atoms with E-state index in [9.17, 15) is 24.0 Å². The number of aromatic nitrogens is 2.